The average Bonchev–Trinajstić information content (AvgIpc) is 2.58. The first-order valence-electron chi connectivity index (χ1n) is 9.11. The van der Waals surface area contributed by atoms with Crippen LogP contribution in [0.15, 0.2) is 30.3 Å². The van der Waals surface area contributed by atoms with Gasteiger partial charge in [-0.3, -0.25) is 4.79 Å². The lowest BCUT2D eigenvalue weighted by atomic mass is 9.96. The number of amides is 2. The number of carbonyl (C=O) groups is 2. The molecule has 25 heavy (non-hydrogen) atoms. The van der Waals surface area contributed by atoms with E-state index in [2.05, 4.69) is 0 Å². The molecule has 1 aromatic rings. The van der Waals surface area contributed by atoms with Crippen molar-refractivity contribution < 1.29 is 14.3 Å². The van der Waals surface area contributed by atoms with Gasteiger partial charge in [-0.1, -0.05) is 30.3 Å². The van der Waals surface area contributed by atoms with Crippen LogP contribution in [0.2, 0.25) is 0 Å². The van der Waals surface area contributed by atoms with Gasteiger partial charge in [0.25, 0.3) is 0 Å². The van der Waals surface area contributed by atoms with Crippen LogP contribution in [0, 0.1) is 5.92 Å². The van der Waals surface area contributed by atoms with E-state index in [0.29, 0.717) is 26.2 Å². The Morgan fingerprint density at radius 3 is 2.52 bits per heavy atom. The van der Waals surface area contributed by atoms with E-state index in [1.807, 2.05) is 62.9 Å². The van der Waals surface area contributed by atoms with E-state index in [-0.39, 0.29) is 17.9 Å². The fraction of sp³-hybridized carbons (Fsp3) is 0.600. The maximum absolute atomic E-state index is 12.9. The van der Waals surface area contributed by atoms with Crippen LogP contribution in [-0.2, 0) is 16.1 Å². The largest absolute Gasteiger partial charge is 0.444 e. The molecule has 0 aromatic heterocycles. The Morgan fingerprint density at radius 1 is 1.24 bits per heavy atom. The zero-order valence-corrected chi connectivity index (χ0v) is 15.8. The molecule has 1 saturated heterocycles. The Labute approximate surface area is 150 Å². The van der Waals surface area contributed by atoms with Crippen molar-refractivity contribution >= 4 is 12.0 Å². The molecular formula is C20H30N2O3. The van der Waals surface area contributed by atoms with Crippen LogP contribution in [0.1, 0.15) is 46.1 Å². The first kappa shape index (κ1) is 19.3. The van der Waals surface area contributed by atoms with Gasteiger partial charge in [0.1, 0.15) is 5.60 Å². The van der Waals surface area contributed by atoms with Crippen molar-refractivity contribution in [3.8, 4) is 0 Å². The molecule has 0 aliphatic carbocycles. The van der Waals surface area contributed by atoms with Crippen molar-refractivity contribution in [2.75, 3.05) is 19.6 Å². The van der Waals surface area contributed by atoms with Crippen molar-refractivity contribution in [1.82, 2.24) is 9.80 Å². The number of hydrogen-bond acceptors (Lipinski definition) is 3. The lowest BCUT2D eigenvalue weighted by molar-refractivity contribution is -0.137. The zero-order valence-electron chi connectivity index (χ0n) is 15.8. The summed E-state index contributed by atoms with van der Waals surface area (Å²) < 4.78 is 5.45. The number of ether oxygens (including phenoxy) is 1. The van der Waals surface area contributed by atoms with Crippen molar-refractivity contribution in [2.24, 2.45) is 5.92 Å². The van der Waals surface area contributed by atoms with E-state index < -0.39 is 5.60 Å². The van der Waals surface area contributed by atoms with Crippen LogP contribution in [0.5, 0.6) is 0 Å². The highest BCUT2D eigenvalue weighted by molar-refractivity contribution is 5.80. The molecule has 5 nitrogen and oxygen atoms in total. The van der Waals surface area contributed by atoms with E-state index in [4.69, 9.17) is 4.74 Å². The highest BCUT2D eigenvalue weighted by Crippen LogP contribution is 2.22. The molecule has 1 atom stereocenters. The minimum atomic E-state index is -0.517. The predicted octanol–water partition coefficient (Wildman–Crippen LogP) is 3.68. The predicted molar refractivity (Wildman–Crippen MR) is 98.1 cm³/mol. The van der Waals surface area contributed by atoms with Crippen LogP contribution in [0.25, 0.3) is 0 Å². The first-order valence-corrected chi connectivity index (χ1v) is 9.11. The number of benzene rings is 1. The standard InChI is InChI=1S/C20H30N2O3/c1-5-21(14-16-10-7-6-8-11-16)18(23)17-12-9-13-22(15-17)19(24)25-20(2,3)4/h6-8,10-11,17H,5,9,12-15H2,1-4H3. The number of carbonyl (C=O) groups excluding carboxylic acids is 2. The quantitative estimate of drug-likeness (QED) is 0.835. The van der Waals surface area contributed by atoms with Crippen LogP contribution in [0.3, 0.4) is 0 Å². The van der Waals surface area contributed by atoms with Gasteiger partial charge >= 0.3 is 6.09 Å². The Hall–Kier alpha value is -2.04. The summed E-state index contributed by atoms with van der Waals surface area (Å²) in [4.78, 5) is 28.8. The lowest BCUT2D eigenvalue weighted by Gasteiger charge is -2.35. The molecular weight excluding hydrogens is 316 g/mol. The van der Waals surface area contributed by atoms with Gasteiger partial charge in [-0.25, -0.2) is 4.79 Å². The molecule has 1 unspecified atom stereocenters. The second kappa shape index (κ2) is 8.37. The van der Waals surface area contributed by atoms with Crippen molar-refractivity contribution in [2.45, 2.75) is 52.7 Å². The molecule has 0 N–H and O–H groups in total. The van der Waals surface area contributed by atoms with Gasteiger partial charge in [0.05, 0.1) is 5.92 Å². The monoisotopic (exact) mass is 346 g/mol. The second-order valence-electron chi connectivity index (χ2n) is 7.60. The van der Waals surface area contributed by atoms with Gasteiger partial charge in [-0.15, -0.1) is 0 Å². The van der Waals surface area contributed by atoms with E-state index in [1.54, 1.807) is 4.90 Å². The number of nitrogens with zero attached hydrogens (tertiary/aromatic N) is 2. The normalized spacial score (nSPS) is 17.9. The topological polar surface area (TPSA) is 49.9 Å². The molecule has 1 aliphatic rings. The summed E-state index contributed by atoms with van der Waals surface area (Å²) in [6, 6.07) is 10.0. The third kappa shape index (κ3) is 5.76. The lowest BCUT2D eigenvalue weighted by Crippen LogP contribution is -2.47. The van der Waals surface area contributed by atoms with Gasteiger partial charge in [-0.2, -0.15) is 0 Å². The van der Waals surface area contributed by atoms with Gasteiger partial charge in [0.15, 0.2) is 0 Å². The summed E-state index contributed by atoms with van der Waals surface area (Å²) in [6.45, 7) is 9.94. The smallest absolute Gasteiger partial charge is 0.410 e. The zero-order chi connectivity index (χ0) is 18.4. The third-order valence-electron chi connectivity index (χ3n) is 4.33. The molecule has 1 fully saturated rings. The van der Waals surface area contributed by atoms with Crippen molar-refractivity contribution in [1.29, 1.82) is 0 Å². The van der Waals surface area contributed by atoms with Crippen LogP contribution < -0.4 is 0 Å². The van der Waals surface area contributed by atoms with E-state index in [0.717, 1.165) is 18.4 Å². The van der Waals surface area contributed by atoms with Crippen LogP contribution in [0.4, 0.5) is 4.79 Å². The molecule has 1 heterocycles. The van der Waals surface area contributed by atoms with Gasteiger partial charge in [0.2, 0.25) is 5.91 Å². The number of likely N-dealkylation sites (tertiary alicyclic amines) is 1. The molecule has 2 rings (SSSR count). The highest BCUT2D eigenvalue weighted by Gasteiger charge is 2.32. The minimum absolute atomic E-state index is 0.125. The number of piperidine rings is 1. The summed E-state index contributed by atoms with van der Waals surface area (Å²) in [5.74, 6) is -0.0236. The fourth-order valence-corrected chi connectivity index (χ4v) is 3.08. The maximum atomic E-state index is 12.9. The summed E-state index contributed by atoms with van der Waals surface area (Å²) in [7, 11) is 0. The molecule has 1 aliphatic heterocycles. The molecule has 5 heteroatoms. The van der Waals surface area contributed by atoms with E-state index in [1.165, 1.54) is 0 Å². The van der Waals surface area contributed by atoms with Gasteiger partial charge in [-0.05, 0) is 46.1 Å². The SMILES string of the molecule is CCN(Cc1ccccc1)C(=O)C1CCCN(C(=O)OC(C)(C)C)C1. The Balaban J connectivity index is 1.98. The third-order valence-corrected chi connectivity index (χ3v) is 4.33. The summed E-state index contributed by atoms with van der Waals surface area (Å²) in [5, 5.41) is 0. The minimum Gasteiger partial charge on any atom is -0.444 e. The van der Waals surface area contributed by atoms with E-state index in [9.17, 15) is 9.59 Å². The van der Waals surface area contributed by atoms with Gasteiger partial charge in [0, 0.05) is 26.2 Å². The van der Waals surface area contributed by atoms with Crippen molar-refractivity contribution in [3.63, 3.8) is 0 Å². The highest BCUT2D eigenvalue weighted by atomic mass is 16.6. The molecule has 2 amide bonds. The maximum Gasteiger partial charge on any atom is 0.410 e. The fourth-order valence-electron chi connectivity index (χ4n) is 3.08. The van der Waals surface area contributed by atoms with Gasteiger partial charge < -0.3 is 14.5 Å². The molecule has 1 aromatic carbocycles. The van der Waals surface area contributed by atoms with Crippen molar-refractivity contribution in [3.05, 3.63) is 35.9 Å². The Kier molecular flexibility index (Phi) is 6.45. The molecule has 0 saturated carbocycles. The second-order valence-corrected chi connectivity index (χ2v) is 7.60. The number of hydrogen-bond donors (Lipinski definition) is 0. The average molecular weight is 346 g/mol. The number of rotatable bonds is 4. The summed E-state index contributed by atoms with van der Waals surface area (Å²) in [5.41, 5.74) is 0.606. The van der Waals surface area contributed by atoms with E-state index >= 15 is 0 Å². The molecule has 138 valence electrons. The Bertz CT molecular complexity index is 580. The Morgan fingerprint density at radius 2 is 1.92 bits per heavy atom. The molecule has 0 bridgehead atoms. The molecule has 0 spiro atoms. The summed E-state index contributed by atoms with van der Waals surface area (Å²) in [6.07, 6.45) is 1.33. The van der Waals surface area contributed by atoms with Crippen LogP contribution >= 0.6 is 0 Å². The van der Waals surface area contributed by atoms with Crippen LogP contribution in [-0.4, -0.2) is 47.0 Å². The molecule has 0 radical (unpaired) electrons. The summed E-state index contributed by atoms with van der Waals surface area (Å²) >= 11 is 0. The first-order chi connectivity index (χ1) is 11.8.